The third kappa shape index (κ3) is 0.995. The number of aryl methyl sites for hydroxylation is 1. The van der Waals surface area contributed by atoms with Gasteiger partial charge in [-0.25, -0.2) is 0 Å². The van der Waals surface area contributed by atoms with Crippen molar-refractivity contribution < 1.29 is 4.79 Å². The fourth-order valence-electron chi connectivity index (χ4n) is 1.44. The van der Waals surface area contributed by atoms with Crippen LogP contribution in [-0.4, -0.2) is 22.1 Å². The second-order valence-corrected chi connectivity index (χ2v) is 2.98. The summed E-state index contributed by atoms with van der Waals surface area (Å²) in [7, 11) is 1.84. The van der Waals surface area contributed by atoms with Crippen molar-refractivity contribution >= 4 is 11.6 Å². The first-order chi connectivity index (χ1) is 5.79. The highest BCUT2D eigenvalue weighted by molar-refractivity contribution is 6.00. The molecule has 1 aromatic rings. The van der Waals surface area contributed by atoms with Crippen molar-refractivity contribution in [3.8, 4) is 0 Å². The Labute approximate surface area is 70.6 Å². The predicted octanol–water partition coefficient (Wildman–Crippen LogP) is 0.808. The predicted molar refractivity (Wildman–Crippen MR) is 45.3 cm³/mol. The van der Waals surface area contributed by atoms with E-state index < -0.39 is 0 Å². The summed E-state index contributed by atoms with van der Waals surface area (Å²) in [5, 5.41) is 7.21. The first-order valence-corrected chi connectivity index (χ1v) is 4.08. The maximum absolute atomic E-state index is 11.4. The quantitative estimate of drug-likeness (QED) is 0.618. The second-order valence-electron chi connectivity index (χ2n) is 2.98. The zero-order valence-corrected chi connectivity index (χ0v) is 7.00. The van der Waals surface area contributed by atoms with Crippen molar-refractivity contribution in [1.29, 1.82) is 0 Å². The van der Waals surface area contributed by atoms with Crippen molar-refractivity contribution in [2.75, 3.05) is 11.9 Å². The molecule has 2 rings (SSSR count). The zero-order valence-electron chi connectivity index (χ0n) is 7.00. The average molecular weight is 165 g/mol. The molecular formula is C8H11N3O. The van der Waals surface area contributed by atoms with Gasteiger partial charge in [-0.15, -0.1) is 0 Å². The number of carbonyl (C=O) groups excluding carboxylic acids is 1. The lowest BCUT2D eigenvalue weighted by atomic mass is 10.1. The highest BCUT2D eigenvalue weighted by Gasteiger charge is 2.18. The van der Waals surface area contributed by atoms with E-state index in [1.165, 1.54) is 0 Å². The van der Waals surface area contributed by atoms with Crippen LogP contribution < -0.4 is 5.32 Å². The van der Waals surface area contributed by atoms with Gasteiger partial charge >= 0.3 is 0 Å². The lowest BCUT2D eigenvalue weighted by molar-refractivity contribution is 0.0984. The van der Waals surface area contributed by atoms with Gasteiger partial charge in [0, 0.05) is 20.0 Å². The van der Waals surface area contributed by atoms with Crippen LogP contribution in [0.15, 0.2) is 6.20 Å². The number of carbonyl (C=O) groups is 1. The van der Waals surface area contributed by atoms with Crippen LogP contribution in [0.2, 0.25) is 0 Å². The first kappa shape index (κ1) is 7.34. The number of rotatable bonds is 0. The Morgan fingerprint density at radius 2 is 2.50 bits per heavy atom. The molecular weight excluding hydrogens is 154 g/mol. The molecule has 0 saturated heterocycles. The van der Waals surface area contributed by atoms with E-state index in [4.69, 9.17) is 0 Å². The molecule has 4 nitrogen and oxygen atoms in total. The Kier molecular flexibility index (Phi) is 1.60. The van der Waals surface area contributed by atoms with Crippen molar-refractivity contribution in [2.24, 2.45) is 7.05 Å². The Balaban J connectivity index is 2.47. The fraction of sp³-hybridized carbons (Fsp3) is 0.500. The van der Waals surface area contributed by atoms with Gasteiger partial charge in [-0.2, -0.15) is 5.10 Å². The zero-order chi connectivity index (χ0) is 8.55. The molecule has 0 saturated carbocycles. The summed E-state index contributed by atoms with van der Waals surface area (Å²) in [6.07, 6.45) is 3.18. The monoisotopic (exact) mass is 165 g/mol. The van der Waals surface area contributed by atoms with Crippen LogP contribution in [0.1, 0.15) is 23.2 Å². The van der Waals surface area contributed by atoms with E-state index in [9.17, 15) is 4.79 Å². The van der Waals surface area contributed by atoms with Crippen LogP contribution in [-0.2, 0) is 7.05 Å². The lowest BCUT2D eigenvalue weighted by Gasteiger charge is -2.02. The van der Waals surface area contributed by atoms with Gasteiger partial charge in [0.05, 0.1) is 11.8 Å². The summed E-state index contributed by atoms with van der Waals surface area (Å²) in [5.74, 6) is 1.06. The molecule has 1 aliphatic rings. The molecule has 12 heavy (non-hydrogen) atoms. The number of Topliss-reactive ketones (excluding diaryl/α,β-unsaturated/α-hetero) is 1. The first-order valence-electron chi connectivity index (χ1n) is 4.08. The molecule has 0 unspecified atom stereocenters. The maximum Gasteiger partial charge on any atom is 0.168 e. The third-order valence-corrected chi connectivity index (χ3v) is 2.11. The van der Waals surface area contributed by atoms with Gasteiger partial charge in [0.2, 0.25) is 0 Å². The molecule has 0 aromatic carbocycles. The Hall–Kier alpha value is -1.32. The van der Waals surface area contributed by atoms with E-state index in [-0.39, 0.29) is 5.78 Å². The number of ketones is 1. The van der Waals surface area contributed by atoms with E-state index in [0.29, 0.717) is 6.42 Å². The van der Waals surface area contributed by atoms with Crippen LogP contribution in [0.4, 0.5) is 5.82 Å². The average Bonchev–Trinajstić information content (AvgIpc) is 2.30. The standard InChI is InChI=1S/C8H11N3O/c1-11-8-6(5-10-11)7(12)3-2-4-9-8/h5,9H,2-4H2,1H3. The normalized spacial score (nSPS) is 16.6. The molecule has 0 atom stereocenters. The van der Waals surface area contributed by atoms with E-state index >= 15 is 0 Å². The highest BCUT2D eigenvalue weighted by atomic mass is 16.1. The summed E-state index contributed by atoms with van der Waals surface area (Å²) < 4.78 is 1.71. The van der Waals surface area contributed by atoms with Crippen LogP contribution in [0.5, 0.6) is 0 Å². The molecule has 0 bridgehead atoms. The molecule has 2 heterocycles. The number of nitrogens with one attached hydrogen (secondary N) is 1. The van der Waals surface area contributed by atoms with Gasteiger partial charge in [0.1, 0.15) is 5.82 Å². The number of anilines is 1. The lowest BCUT2D eigenvalue weighted by Crippen LogP contribution is -2.05. The number of nitrogens with zero attached hydrogens (tertiary/aromatic N) is 2. The highest BCUT2D eigenvalue weighted by Crippen LogP contribution is 2.19. The van der Waals surface area contributed by atoms with Gasteiger partial charge in [0.15, 0.2) is 5.78 Å². The van der Waals surface area contributed by atoms with Crippen LogP contribution in [0.25, 0.3) is 0 Å². The maximum atomic E-state index is 11.4. The van der Waals surface area contributed by atoms with E-state index in [1.54, 1.807) is 10.9 Å². The molecule has 0 spiro atoms. The van der Waals surface area contributed by atoms with E-state index in [2.05, 4.69) is 10.4 Å². The third-order valence-electron chi connectivity index (χ3n) is 2.11. The summed E-state index contributed by atoms with van der Waals surface area (Å²) in [6.45, 7) is 0.859. The summed E-state index contributed by atoms with van der Waals surface area (Å²) >= 11 is 0. The van der Waals surface area contributed by atoms with Crippen molar-refractivity contribution in [3.05, 3.63) is 11.8 Å². The van der Waals surface area contributed by atoms with Gasteiger partial charge in [0.25, 0.3) is 0 Å². The van der Waals surface area contributed by atoms with Gasteiger partial charge in [-0.1, -0.05) is 0 Å². The summed E-state index contributed by atoms with van der Waals surface area (Å²) in [5.41, 5.74) is 0.731. The summed E-state index contributed by atoms with van der Waals surface area (Å²) in [4.78, 5) is 11.4. The number of hydrogen-bond acceptors (Lipinski definition) is 3. The number of aromatic nitrogens is 2. The molecule has 0 aliphatic carbocycles. The minimum Gasteiger partial charge on any atom is -0.370 e. The van der Waals surface area contributed by atoms with Crippen molar-refractivity contribution in [3.63, 3.8) is 0 Å². The molecule has 1 aliphatic heterocycles. The van der Waals surface area contributed by atoms with Gasteiger partial charge in [-0.3, -0.25) is 9.48 Å². The molecule has 4 heteroatoms. The van der Waals surface area contributed by atoms with Crippen LogP contribution in [0, 0.1) is 0 Å². The second kappa shape index (κ2) is 2.62. The van der Waals surface area contributed by atoms with Crippen LogP contribution in [0.3, 0.4) is 0 Å². The molecule has 0 fully saturated rings. The van der Waals surface area contributed by atoms with Crippen molar-refractivity contribution in [1.82, 2.24) is 9.78 Å². The minimum atomic E-state index is 0.197. The Morgan fingerprint density at radius 1 is 1.67 bits per heavy atom. The topological polar surface area (TPSA) is 46.9 Å². The molecule has 1 aromatic heterocycles. The number of fused-ring (bicyclic) bond motifs is 1. The minimum absolute atomic E-state index is 0.197. The molecule has 64 valence electrons. The Morgan fingerprint density at radius 3 is 3.33 bits per heavy atom. The van der Waals surface area contributed by atoms with E-state index in [1.807, 2.05) is 7.05 Å². The molecule has 0 radical (unpaired) electrons. The van der Waals surface area contributed by atoms with Crippen molar-refractivity contribution in [2.45, 2.75) is 12.8 Å². The molecule has 0 amide bonds. The molecule has 1 N–H and O–H groups in total. The SMILES string of the molecule is Cn1ncc2c1NCCCC2=O. The van der Waals surface area contributed by atoms with Gasteiger partial charge in [-0.05, 0) is 6.42 Å². The number of hydrogen-bond donors (Lipinski definition) is 1. The van der Waals surface area contributed by atoms with Gasteiger partial charge < -0.3 is 5.32 Å². The largest absolute Gasteiger partial charge is 0.370 e. The smallest absolute Gasteiger partial charge is 0.168 e. The Bertz CT molecular complexity index is 316. The summed E-state index contributed by atoms with van der Waals surface area (Å²) in [6, 6.07) is 0. The van der Waals surface area contributed by atoms with E-state index in [0.717, 1.165) is 24.3 Å². The fourth-order valence-corrected chi connectivity index (χ4v) is 1.44. The van der Waals surface area contributed by atoms with Crippen LogP contribution >= 0.6 is 0 Å².